The van der Waals surface area contributed by atoms with Crippen molar-refractivity contribution in [2.45, 2.75) is 12.6 Å². The number of methoxy groups -OCH3 is 1. The molecule has 0 fully saturated rings. The van der Waals surface area contributed by atoms with Crippen molar-refractivity contribution >= 4 is 24.2 Å². The molecule has 0 aromatic heterocycles. The zero-order chi connectivity index (χ0) is 15.0. The summed E-state index contributed by atoms with van der Waals surface area (Å²) in [6.07, 6.45) is 0. The van der Waals surface area contributed by atoms with Crippen LogP contribution < -0.4 is 11.1 Å². The average molecular weight is 316 g/mol. The van der Waals surface area contributed by atoms with Gasteiger partial charge in [0, 0.05) is 20.7 Å². The zero-order valence-corrected chi connectivity index (χ0v) is 13.1. The van der Waals surface area contributed by atoms with Crippen LogP contribution in [0.4, 0.5) is 0 Å². The largest absolute Gasteiger partial charge is 0.383 e. The van der Waals surface area contributed by atoms with Crippen LogP contribution in [0.15, 0.2) is 30.3 Å². The lowest BCUT2D eigenvalue weighted by molar-refractivity contribution is -0.136. The summed E-state index contributed by atoms with van der Waals surface area (Å²) in [5.41, 5.74) is 6.63. The quantitative estimate of drug-likeness (QED) is 0.750. The Kier molecular flexibility index (Phi) is 9.36. The Bertz CT molecular complexity index is 442. The first-order valence-corrected chi connectivity index (χ1v) is 6.34. The molecule has 1 unspecified atom stereocenters. The Hall–Kier alpha value is -1.63. The number of benzene rings is 1. The van der Waals surface area contributed by atoms with Crippen LogP contribution in [-0.2, 0) is 20.9 Å². The standard InChI is InChI=1S/C14H21N3O3.ClH/c1-17(14(19)12(15)10-20-2)9-13(18)16-8-11-6-4-3-5-7-11;/h3-7,12H,8-10,15H2,1-2H3,(H,16,18);1H. The van der Waals surface area contributed by atoms with Gasteiger partial charge in [-0.25, -0.2) is 0 Å². The summed E-state index contributed by atoms with van der Waals surface area (Å²) in [5.74, 6) is -0.545. The van der Waals surface area contributed by atoms with Gasteiger partial charge in [-0.1, -0.05) is 30.3 Å². The van der Waals surface area contributed by atoms with Crippen molar-refractivity contribution in [3.63, 3.8) is 0 Å². The molecule has 6 nitrogen and oxygen atoms in total. The number of ether oxygens (including phenoxy) is 1. The molecule has 7 heteroatoms. The highest BCUT2D eigenvalue weighted by molar-refractivity contribution is 5.87. The topological polar surface area (TPSA) is 84.7 Å². The smallest absolute Gasteiger partial charge is 0.242 e. The van der Waals surface area contributed by atoms with Crippen LogP contribution >= 0.6 is 12.4 Å². The molecule has 1 atom stereocenters. The second kappa shape index (κ2) is 10.1. The molecule has 0 spiro atoms. The Morgan fingerprint density at radius 1 is 1.33 bits per heavy atom. The molecule has 1 rings (SSSR count). The first-order chi connectivity index (χ1) is 9.54. The van der Waals surface area contributed by atoms with Gasteiger partial charge >= 0.3 is 0 Å². The van der Waals surface area contributed by atoms with E-state index in [-0.39, 0.29) is 37.4 Å². The van der Waals surface area contributed by atoms with Crippen molar-refractivity contribution < 1.29 is 14.3 Å². The number of amides is 2. The molecule has 0 aliphatic heterocycles. The van der Waals surface area contributed by atoms with Crippen molar-refractivity contribution in [2.75, 3.05) is 27.3 Å². The van der Waals surface area contributed by atoms with Gasteiger partial charge < -0.3 is 20.7 Å². The molecule has 118 valence electrons. The van der Waals surface area contributed by atoms with E-state index in [0.29, 0.717) is 6.54 Å². The molecule has 3 N–H and O–H groups in total. The first-order valence-electron chi connectivity index (χ1n) is 6.34. The van der Waals surface area contributed by atoms with Crippen LogP contribution in [0.1, 0.15) is 5.56 Å². The van der Waals surface area contributed by atoms with Gasteiger partial charge in [-0.15, -0.1) is 12.4 Å². The van der Waals surface area contributed by atoms with Gasteiger partial charge in [0.05, 0.1) is 13.2 Å². The molecule has 0 saturated carbocycles. The summed E-state index contributed by atoms with van der Waals surface area (Å²) in [7, 11) is 3.01. The lowest BCUT2D eigenvalue weighted by Gasteiger charge is -2.20. The third-order valence-electron chi connectivity index (χ3n) is 2.75. The second-order valence-corrected chi connectivity index (χ2v) is 4.52. The van der Waals surface area contributed by atoms with Gasteiger partial charge in [0.15, 0.2) is 0 Å². The van der Waals surface area contributed by atoms with Gasteiger partial charge in [-0.2, -0.15) is 0 Å². The predicted octanol–water partition coefficient (Wildman–Crippen LogP) is 0.157. The highest BCUT2D eigenvalue weighted by atomic mass is 35.5. The van der Waals surface area contributed by atoms with Crippen molar-refractivity contribution in [1.29, 1.82) is 0 Å². The summed E-state index contributed by atoms with van der Waals surface area (Å²) in [6.45, 7) is 0.545. The Balaban J connectivity index is 0.00000400. The molecule has 0 aliphatic rings. The number of hydrogen-bond donors (Lipinski definition) is 2. The van der Waals surface area contributed by atoms with Crippen molar-refractivity contribution in [3.8, 4) is 0 Å². The van der Waals surface area contributed by atoms with Crippen LogP contribution in [0, 0.1) is 0 Å². The van der Waals surface area contributed by atoms with Gasteiger partial charge in [0.25, 0.3) is 0 Å². The van der Waals surface area contributed by atoms with E-state index in [1.54, 1.807) is 7.05 Å². The minimum atomic E-state index is -0.744. The monoisotopic (exact) mass is 315 g/mol. The van der Waals surface area contributed by atoms with E-state index < -0.39 is 6.04 Å². The lowest BCUT2D eigenvalue weighted by Crippen LogP contribution is -2.47. The van der Waals surface area contributed by atoms with Gasteiger partial charge in [0.2, 0.25) is 11.8 Å². The number of rotatable bonds is 7. The number of carbonyl (C=O) groups excluding carboxylic acids is 2. The number of nitrogens with one attached hydrogen (secondary N) is 1. The molecule has 0 heterocycles. The summed E-state index contributed by atoms with van der Waals surface area (Å²) >= 11 is 0. The summed E-state index contributed by atoms with van der Waals surface area (Å²) in [5, 5.41) is 2.75. The van der Waals surface area contributed by atoms with Crippen molar-refractivity contribution in [2.24, 2.45) is 5.73 Å². The number of nitrogens with zero attached hydrogens (tertiary/aromatic N) is 1. The van der Waals surface area contributed by atoms with Crippen molar-refractivity contribution in [1.82, 2.24) is 10.2 Å². The maximum atomic E-state index is 11.8. The molecule has 1 aromatic rings. The minimum Gasteiger partial charge on any atom is -0.383 e. The van der Waals surface area contributed by atoms with E-state index in [1.807, 2.05) is 30.3 Å². The SMILES string of the molecule is COCC(N)C(=O)N(C)CC(=O)NCc1ccccc1.Cl. The third kappa shape index (κ3) is 7.08. The number of halogens is 1. The Labute approximate surface area is 131 Å². The third-order valence-corrected chi connectivity index (χ3v) is 2.75. The molecule has 0 radical (unpaired) electrons. The van der Waals surface area contributed by atoms with Gasteiger partial charge in [0.1, 0.15) is 6.04 Å². The summed E-state index contributed by atoms with van der Waals surface area (Å²) < 4.78 is 4.81. The normalized spacial score (nSPS) is 11.2. The molecular weight excluding hydrogens is 294 g/mol. The Morgan fingerprint density at radius 2 is 1.95 bits per heavy atom. The summed E-state index contributed by atoms with van der Waals surface area (Å²) in [6, 6.07) is 8.82. The maximum Gasteiger partial charge on any atom is 0.242 e. The fraction of sp³-hybridized carbons (Fsp3) is 0.429. The first kappa shape index (κ1) is 19.4. The van der Waals surface area contributed by atoms with E-state index in [4.69, 9.17) is 10.5 Å². The fourth-order valence-corrected chi connectivity index (χ4v) is 1.68. The zero-order valence-electron chi connectivity index (χ0n) is 12.2. The molecule has 0 bridgehead atoms. The van der Waals surface area contributed by atoms with Crippen molar-refractivity contribution in [3.05, 3.63) is 35.9 Å². The second-order valence-electron chi connectivity index (χ2n) is 4.52. The number of carbonyl (C=O) groups is 2. The maximum absolute atomic E-state index is 11.8. The van der Waals surface area contributed by atoms with E-state index in [2.05, 4.69) is 5.32 Å². The highest BCUT2D eigenvalue weighted by Gasteiger charge is 2.19. The van der Waals surface area contributed by atoms with Crippen LogP contribution in [0.5, 0.6) is 0 Å². The van der Waals surface area contributed by atoms with Crippen LogP contribution in [0.2, 0.25) is 0 Å². The molecular formula is C14H22ClN3O3. The van der Waals surface area contributed by atoms with E-state index in [1.165, 1.54) is 12.0 Å². The van der Waals surface area contributed by atoms with Gasteiger partial charge in [-0.3, -0.25) is 9.59 Å². The molecule has 2 amide bonds. The lowest BCUT2D eigenvalue weighted by atomic mass is 10.2. The molecule has 0 aliphatic carbocycles. The van der Waals surface area contributed by atoms with Crippen LogP contribution in [0.3, 0.4) is 0 Å². The highest BCUT2D eigenvalue weighted by Crippen LogP contribution is 1.97. The van der Waals surface area contributed by atoms with Gasteiger partial charge in [-0.05, 0) is 5.56 Å². The molecule has 21 heavy (non-hydrogen) atoms. The van der Waals surface area contributed by atoms with E-state index in [9.17, 15) is 9.59 Å². The predicted molar refractivity (Wildman–Crippen MR) is 83.0 cm³/mol. The Morgan fingerprint density at radius 3 is 2.52 bits per heavy atom. The minimum absolute atomic E-state index is 0. The fourth-order valence-electron chi connectivity index (χ4n) is 1.68. The molecule has 1 aromatic carbocycles. The average Bonchev–Trinajstić information content (AvgIpc) is 2.45. The van der Waals surface area contributed by atoms with E-state index >= 15 is 0 Å². The summed E-state index contributed by atoms with van der Waals surface area (Å²) in [4.78, 5) is 24.8. The number of hydrogen-bond acceptors (Lipinski definition) is 4. The number of nitrogens with two attached hydrogens (primary N) is 1. The van der Waals surface area contributed by atoms with Crippen LogP contribution in [-0.4, -0.2) is 50.1 Å². The van der Waals surface area contributed by atoms with E-state index in [0.717, 1.165) is 5.56 Å². The van der Waals surface area contributed by atoms with Crippen LogP contribution in [0.25, 0.3) is 0 Å². The number of likely N-dealkylation sites (N-methyl/N-ethyl adjacent to an activating group) is 1. The molecule has 0 saturated heterocycles.